The first-order valence-corrected chi connectivity index (χ1v) is 10.3. The quantitative estimate of drug-likeness (QED) is 0.783. The summed E-state index contributed by atoms with van der Waals surface area (Å²) < 4.78 is 0. The normalized spacial score (nSPS) is 22.9. The molecule has 2 aromatic rings. The molecule has 3 N–H and O–H groups in total. The number of piperidine rings is 1. The molecule has 4 rings (SSSR count). The van der Waals surface area contributed by atoms with Gasteiger partial charge in [-0.25, -0.2) is 0 Å². The van der Waals surface area contributed by atoms with Gasteiger partial charge in [0.2, 0.25) is 5.91 Å². The third kappa shape index (κ3) is 4.28. The van der Waals surface area contributed by atoms with Gasteiger partial charge in [-0.15, -0.1) is 0 Å². The van der Waals surface area contributed by atoms with Crippen molar-refractivity contribution < 1.29 is 4.79 Å². The van der Waals surface area contributed by atoms with Crippen LogP contribution in [-0.2, 0) is 4.79 Å². The van der Waals surface area contributed by atoms with E-state index >= 15 is 0 Å². The topological polar surface area (TPSA) is 58.4 Å². The molecule has 28 heavy (non-hydrogen) atoms. The summed E-state index contributed by atoms with van der Waals surface area (Å²) in [6, 6.07) is 20.0. The Morgan fingerprint density at radius 1 is 0.893 bits per heavy atom. The molecule has 0 aromatic heterocycles. The molecule has 0 radical (unpaired) electrons. The van der Waals surface area contributed by atoms with Gasteiger partial charge in [-0.2, -0.15) is 0 Å². The minimum absolute atomic E-state index is 0.0754. The Labute approximate surface area is 167 Å². The molecule has 4 heteroatoms. The Morgan fingerprint density at radius 3 is 2.21 bits per heavy atom. The highest BCUT2D eigenvalue weighted by molar-refractivity contribution is 5.77. The largest absolute Gasteiger partial charge is 0.371 e. The van der Waals surface area contributed by atoms with E-state index < -0.39 is 0 Å². The monoisotopic (exact) mass is 375 g/mol. The zero-order chi connectivity index (χ0) is 19.3. The van der Waals surface area contributed by atoms with Crippen LogP contribution in [0.5, 0.6) is 0 Å². The molecule has 0 unspecified atom stereocenters. The van der Waals surface area contributed by atoms with Crippen molar-refractivity contribution in [1.82, 2.24) is 5.32 Å². The number of hydrogen-bond donors (Lipinski definition) is 2. The molecule has 4 nitrogen and oxygen atoms in total. The first-order chi connectivity index (χ1) is 13.7. The van der Waals surface area contributed by atoms with Gasteiger partial charge >= 0.3 is 0 Å². The average molecular weight is 376 g/mol. The fourth-order valence-electron chi connectivity index (χ4n) is 4.42. The van der Waals surface area contributed by atoms with Crippen LogP contribution in [-0.4, -0.2) is 31.1 Å². The van der Waals surface area contributed by atoms with Crippen LogP contribution in [0.4, 0.5) is 5.69 Å². The first kappa shape index (κ1) is 18.8. The number of nitrogens with two attached hydrogens (primary N) is 1. The molecular formula is C24H29N3O. The summed E-state index contributed by atoms with van der Waals surface area (Å²) in [7, 11) is 0. The van der Waals surface area contributed by atoms with Crippen molar-refractivity contribution >= 4 is 11.6 Å². The van der Waals surface area contributed by atoms with Gasteiger partial charge in [-0.3, -0.25) is 4.79 Å². The molecule has 146 valence electrons. The molecule has 0 bridgehead atoms. The van der Waals surface area contributed by atoms with Crippen LogP contribution in [0.25, 0.3) is 11.1 Å². The van der Waals surface area contributed by atoms with Gasteiger partial charge in [-0.1, -0.05) is 54.6 Å². The molecule has 1 fully saturated rings. The predicted molar refractivity (Wildman–Crippen MR) is 115 cm³/mol. The number of anilines is 1. The van der Waals surface area contributed by atoms with Crippen LogP contribution in [0.1, 0.15) is 25.7 Å². The number of benzene rings is 2. The van der Waals surface area contributed by atoms with E-state index in [1.807, 2.05) is 6.07 Å². The number of allylic oxidation sites excluding steroid dienone is 1. The van der Waals surface area contributed by atoms with E-state index in [4.69, 9.17) is 5.73 Å². The van der Waals surface area contributed by atoms with E-state index in [1.54, 1.807) is 0 Å². The van der Waals surface area contributed by atoms with E-state index in [1.165, 1.54) is 16.8 Å². The lowest BCUT2D eigenvalue weighted by molar-refractivity contribution is -0.122. The molecule has 1 saturated heterocycles. The minimum atomic E-state index is -0.183. The molecule has 0 spiro atoms. The van der Waals surface area contributed by atoms with Crippen molar-refractivity contribution in [2.75, 3.05) is 18.0 Å². The Kier molecular flexibility index (Phi) is 5.77. The standard InChI is InChI=1S/C24H29N3O/c25-24(28)22-8-4-5-9-23(22)26-20-14-16-27(17-15-20)21-12-10-19(11-13-21)18-6-2-1-3-7-18/h1-7,10-13,20,22-23,26H,8-9,14-17H2,(H2,25,28)/t22-,23+/m1/s1. The van der Waals surface area contributed by atoms with E-state index in [-0.39, 0.29) is 17.9 Å². The molecule has 0 saturated carbocycles. The third-order valence-corrected chi connectivity index (χ3v) is 6.08. The maximum absolute atomic E-state index is 11.7. The van der Waals surface area contributed by atoms with Gasteiger partial charge in [0.25, 0.3) is 0 Å². The number of nitrogens with zero attached hydrogens (tertiary/aromatic N) is 1. The number of carbonyl (C=O) groups excluding carboxylic acids is 1. The lowest BCUT2D eigenvalue weighted by Gasteiger charge is -2.37. The van der Waals surface area contributed by atoms with E-state index in [0.29, 0.717) is 6.04 Å². The number of rotatable bonds is 5. The van der Waals surface area contributed by atoms with E-state index in [0.717, 1.165) is 38.8 Å². The highest BCUT2D eigenvalue weighted by Crippen LogP contribution is 2.26. The Bertz CT molecular complexity index is 808. The SMILES string of the molecule is NC(=O)[C@@H]1CC=CC[C@@H]1NC1CCN(c2ccc(-c3ccccc3)cc2)CC1. The van der Waals surface area contributed by atoms with Gasteiger partial charge in [0.05, 0.1) is 5.92 Å². The summed E-state index contributed by atoms with van der Waals surface area (Å²) in [4.78, 5) is 14.2. The Balaban J connectivity index is 1.33. The van der Waals surface area contributed by atoms with Crippen molar-refractivity contribution in [2.45, 2.75) is 37.8 Å². The molecule has 2 aromatic carbocycles. The highest BCUT2D eigenvalue weighted by Gasteiger charge is 2.30. The summed E-state index contributed by atoms with van der Waals surface area (Å²) in [6.45, 7) is 2.07. The lowest BCUT2D eigenvalue weighted by atomic mass is 9.87. The van der Waals surface area contributed by atoms with Crippen LogP contribution in [0.15, 0.2) is 66.7 Å². The van der Waals surface area contributed by atoms with Gasteiger partial charge in [0.1, 0.15) is 0 Å². The number of nitrogens with one attached hydrogen (secondary N) is 1. The molecular weight excluding hydrogens is 346 g/mol. The zero-order valence-electron chi connectivity index (χ0n) is 16.3. The smallest absolute Gasteiger partial charge is 0.222 e. The lowest BCUT2D eigenvalue weighted by Crippen LogP contribution is -2.51. The molecule has 1 aliphatic carbocycles. The van der Waals surface area contributed by atoms with Crippen molar-refractivity contribution in [2.24, 2.45) is 11.7 Å². The van der Waals surface area contributed by atoms with Gasteiger partial charge in [-0.05, 0) is 48.9 Å². The zero-order valence-corrected chi connectivity index (χ0v) is 16.3. The van der Waals surface area contributed by atoms with Crippen LogP contribution < -0.4 is 16.0 Å². The summed E-state index contributed by atoms with van der Waals surface area (Å²) in [6.07, 6.45) is 8.09. The second kappa shape index (κ2) is 8.61. The number of hydrogen-bond acceptors (Lipinski definition) is 3. The van der Waals surface area contributed by atoms with Gasteiger partial charge in [0.15, 0.2) is 0 Å². The highest BCUT2D eigenvalue weighted by atomic mass is 16.1. The Morgan fingerprint density at radius 2 is 1.54 bits per heavy atom. The van der Waals surface area contributed by atoms with E-state index in [9.17, 15) is 4.79 Å². The van der Waals surface area contributed by atoms with Crippen molar-refractivity contribution in [3.05, 3.63) is 66.7 Å². The summed E-state index contributed by atoms with van der Waals surface area (Å²) in [5.41, 5.74) is 9.39. The maximum Gasteiger partial charge on any atom is 0.222 e. The second-order valence-electron chi connectivity index (χ2n) is 7.90. The van der Waals surface area contributed by atoms with Crippen LogP contribution in [0.3, 0.4) is 0 Å². The number of primary amides is 1. The molecule has 1 heterocycles. The fourth-order valence-corrected chi connectivity index (χ4v) is 4.42. The minimum Gasteiger partial charge on any atom is -0.371 e. The Hall–Kier alpha value is -2.59. The maximum atomic E-state index is 11.7. The summed E-state index contributed by atoms with van der Waals surface area (Å²) in [5.74, 6) is -0.258. The van der Waals surface area contributed by atoms with Crippen LogP contribution >= 0.6 is 0 Å². The molecule has 2 atom stereocenters. The predicted octanol–water partition coefficient (Wildman–Crippen LogP) is 3.73. The third-order valence-electron chi connectivity index (χ3n) is 6.08. The number of carbonyl (C=O) groups is 1. The van der Waals surface area contributed by atoms with Gasteiger partial charge < -0.3 is 16.0 Å². The van der Waals surface area contributed by atoms with Crippen molar-refractivity contribution in [1.29, 1.82) is 0 Å². The van der Waals surface area contributed by atoms with Crippen molar-refractivity contribution in [3.63, 3.8) is 0 Å². The van der Waals surface area contributed by atoms with Crippen molar-refractivity contribution in [3.8, 4) is 11.1 Å². The van der Waals surface area contributed by atoms with Gasteiger partial charge in [0, 0.05) is 30.9 Å². The second-order valence-corrected chi connectivity index (χ2v) is 7.90. The van der Waals surface area contributed by atoms with Crippen LogP contribution in [0.2, 0.25) is 0 Å². The molecule has 1 aliphatic heterocycles. The summed E-state index contributed by atoms with van der Waals surface area (Å²) >= 11 is 0. The summed E-state index contributed by atoms with van der Waals surface area (Å²) in [5, 5.41) is 3.71. The average Bonchev–Trinajstić information content (AvgIpc) is 2.75. The fraction of sp³-hybridized carbons (Fsp3) is 0.375. The molecule has 2 aliphatic rings. The first-order valence-electron chi connectivity index (χ1n) is 10.3. The van der Waals surface area contributed by atoms with Crippen LogP contribution in [0, 0.1) is 5.92 Å². The molecule has 1 amide bonds. The van der Waals surface area contributed by atoms with E-state index in [2.05, 4.69) is 70.9 Å². The number of amides is 1.